The fourth-order valence-electron chi connectivity index (χ4n) is 2.52. The van der Waals surface area contributed by atoms with Crippen LogP contribution in [0.1, 0.15) is 6.92 Å². The number of nitrogens with zero attached hydrogens (tertiary/aromatic N) is 1. The smallest absolute Gasteiger partial charge is 0.420 e. The summed E-state index contributed by atoms with van der Waals surface area (Å²) >= 11 is 0. The van der Waals surface area contributed by atoms with E-state index in [4.69, 9.17) is 13.9 Å². The van der Waals surface area contributed by atoms with Crippen LogP contribution in [-0.2, 0) is 11.3 Å². The number of ether oxygens (including phenoxy) is 2. The lowest BCUT2D eigenvalue weighted by molar-refractivity contribution is -0.121. The first-order valence-corrected chi connectivity index (χ1v) is 8.38. The minimum absolute atomic E-state index is 0.0983. The zero-order chi connectivity index (χ0) is 18.4. The molecule has 0 aliphatic carbocycles. The molecule has 1 amide bonds. The van der Waals surface area contributed by atoms with E-state index in [1.165, 1.54) is 4.57 Å². The summed E-state index contributed by atoms with van der Waals surface area (Å²) in [6.45, 7) is 3.09. The Morgan fingerprint density at radius 3 is 2.50 bits per heavy atom. The number of hydrogen-bond acceptors (Lipinski definition) is 5. The topological polar surface area (TPSA) is 82.7 Å². The van der Waals surface area contributed by atoms with Gasteiger partial charge < -0.3 is 19.2 Å². The van der Waals surface area contributed by atoms with Gasteiger partial charge in [0, 0.05) is 0 Å². The molecule has 136 valence electrons. The van der Waals surface area contributed by atoms with Gasteiger partial charge in [-0.15, -0.1) is 0 Å². The number of para-hydroxylation sites is 2. The van der Waals surface area contributed by atoms with E-state index >= 15 is 0 Å². The van der Waals surface area contributed by atoms with E-state index in [9.17, 15) is 9.59 Å². The van der Waals surface area contributed by atoms with Gasteiger partial charge in [-0.1, -0.05) is 12.1 Å². The molecule has 0 saturated heterocycles. The van der Waals surface area contributed by atoms with Gasteiger partial charge in [0.2, 0.25) is 5.91 Å². The van der Waals surface area contributed by atoms with Crippen LogP contribution in [0.5, 0.6) is 11.5 Å². The third-order valence-electron chi connectivity index (χ3n) is 3.70. The first-order valence-electron chi connectivity index (χ1n) is 8.38. The molecule has 0 fully saturated rings. The van der Waals surface area contributed by atoms with Gasteiger partial charge in [0.1, 0.15) is 24.7 Å². The number of amides is 1. The summed E-state index contributed by atoms with van der Waals surface area (Å²) in [5.41, 5.74) is 1.06. The molecule has 26 heavy (non-hydrogen) atoms. The summed E-state index contributed by atoms with van der Waals surface area (Å²) in [5.74, 6) is 0.645. The fraction of sp³-hybridized carbons (Fsp3) is 0.263. The average Bonchev–Trinajstić information content (AvgIpc) is 2.96. The molecule has 0 unspecified atom stereocenters. The maximum atomic E-state index is 12.0. The Morgan fingerprint density at radius 2 is 1.77 bits per heavy atom. The molecule has 7 heteroatoms. The first kappa shape index (κ1) is 17.6. The van der Waals surface area contributed by atoms with Gasteiger partial charge in [0.05, 0.1) is 18.7 Å². The van der Waals surface area contributed by atoms with Crippen molar-refractivity contribution in [3.8, 4) is 11.5 Å². The Morgan fingerprint density at radius 1 is 1.08 bits per heavy atom. The van der Waals surface area contributed by atoms with Gasteiger partial charge in [0.15, 0.2) is 5.58 Å². The van der Waals surface area contributed by atoms with E-state index in [0.29, 0.717) is 36.6 Å². The highest BCUT2D eigenvalue weighted by molar-refractivity contribution is 5.79. The SMILES string of the molecule is CCOc1ccc(OCCNC(=O)Cn2c(=O)oc3ccccc32)cc1. The van der Waals surface area contributed by atoms with Crippen LogP contribution in [0.4, 0.5) is 0 Å². The number of benzene rings is 2. The normalized spacial score (nSPS) is 10.7. The summed E-state index contributed by atoms with van der Waals surface area (Å²) in [7, 11) is 0. The third kappa shape index (κ3) is 4.24. The highest BCUT2D eigenvalue weighted by Crippen LogP contribution is 2.17. The number of nitrogens with one attached hydrogen (secondary N) is 1. The van der Waals surface area contributed by atoms with Crippen molar-refractivity contribution in [2.24, 2.45) is 0 Å². The van der Waals surface area contributed by atoms with Crippen LogP contribution >= 0.6 is 0 Å². The zero-order valence-corrected chi connectivity index (χ0v) is 14.4. The largest absolute Gasteiger partial charge is 0.494 e. The van der Waals surface area contributed by atoms with E-state index in [1.807, 2.05) is 31.2 Å². The van der Waals surface area contributed by atoms with Crippen molar-refractivity contribution in [3.63, 3.8) is 0 Å². The maximum Gasteiger partial charge on any atom is 0.420 e. The molecule has 0 radical (unpaired) electrons. The number of aromatic nitrogens is 1. The second-order valence-electron chi connectivity index (χ2n) is 5.52. The van der Waals surface area contributed by atoms with Crippen LogP contribution in [-0.4, -0.2) is 30.2 Å². The maximum absolute atomic E-state index is 12.0. The van der Waals surface area contributed by atoms with E-state index in [0.717, 1.165) is 5.75 Å². The quantitative estimate of drug-likeness (QED) is 0.626. The summed E-state index contributed by atoms with van der Waals surface area (Å²) in [5, 5.41) is 2.72. The molecule has 2 aromatic carbocycles. The molecule has 1 N–H and O–H groups in total. The zero-order valence-electron chi connectivity index (χ0n) is 14.4. The Bertz CT molecular complexity index is 927. The molecule has 7 nitrogen and oxygen atoms in total. The molecule has 0 aliphatic heterocycles. The molecule has 1 heterocycles. The van der Waals surface area contributed by atoms with Crippen LogP contribution in [0.15, 0.2) is 57.7 Å². The van der Waals surface area contributed by atoms with Crippen molar-refractivity contribution < 1.29 is 18.7 Å². The molecule has 1 aromatic heterocycles. The Kier molecular flexibility index (Phi) is 5.58. The minimum atomic E-state index is -0.549. The van der Waals surface area contributed by atoms with E-state index in [1.54, 1.807) is 24.3 Å². The monoisotopic (exact) mass is 356 g/mol. The van der Waals surface area contributed by atoms with Gasteiger partial charge >= 0.3 is 5.76 Å². The lowest BCUT2D eigenvalue weighted by Gasteiger charge is -2.09. The molecule has 0 bridgehead atoms. The van der Waals surface area contributed by atoms with Crippen LogP contribution in [0, 0.1) is 0 Å². The molecule has 0 saturated carbocycles. The van der Waals surface area contributed by atoms with Gasteiger partial charge in [0.25, 0.3) is 0 Å². The van der Waals surface area contributed by atoms with Crippen molar-refractivity contribution in [1.82, 2.24) is 9.88 Å². The summed E-state index contributed by atoms with van der Waals surface area (Å²) in [6, 6.07) is 14.3. The Labute approximate surface area is 150 Å². The second kappa shape index (κ2) is 8.24. The molecule has 3 aromatic rings. The average molecular weight is 356 g/mol. The third-order valence-corrected chi connectivity index (χ3v) is 3.70. The Hall–Kier alpha value is -3.22. The molecule has 0 aliphatic rings. The number of rotatable bonds is 8. The van der Waals surface area contributed by atoms with Crippen LogP contribution < -0.4 is 20.5 Å². The van der Waals surface area contributed by atoms with E-state index < -0.39 is 5.76 Å². The molecule has 0 atom stereocenters. The number of carbonyl (C=O) groups is 1. The van der Waals surface area contributed by atoms with E-state index in [2.05, 4.69) is 5.32 Å². The summed E-state index contributed by atoms with van der Waals surface area (Å²) in [6.07, 6.45) is 0. The highest BCUT2D eigenvalue weighted by Gasteiger charge is 2.11. The summed E-state index contributed by atoms with van der Waals surface area (Å²) < 4.78 is 17.3. The predicted octanol–water partition coefficient (Wildman–Crippen LogP) is 2.19. The van der Waals surface area contributed by atoms with Gasteiger partial charge in [-0.25, -0.2) is 4.79 Å². The first-order chi connectivity index (χ1) is 12.7. The molecule has 0 spiro atoms. The number of oxazole rings is 1. The number of fused-ring (bicyclic) bond motifs is 1. The van der Waals surface area contributed by atoms with Crippen LogP contribution in [0.3, 0.4) is 0 Å². The lowest BCUT2D eigenvalue weighted by atomic mass is 10.3. The highest BCUT2D eigenvalue weighted by atomic mass is 16.5. The van der Waals surface area contributed by atoms with Crippen LogP contribution in [0.2, 0.25) is 0 Å². The molecule has 3 rings (SSSR count). The van der Waals surface area contributed by atoms with Gasteiger partial charge in [-0.05, 0) is 43.3 Å². The fourth-order valence-corrected chi connectivity index (χ4v) is 2.52. The molecular weight excluding hydrogens is 336 g/mol. The molecular formula is C19H20N2O5. The lowest BCUT2D eigenvalue weighted by Crippen LogP contribution is -2.33. The predicted molar refractivity (Wildman–Crippen MR) is 96.6 cm³/mol. The standard InChI is InChI=1S/C19H20N2O5/c1-2-24-14-7-9-15(10-8-14)25-12-11-20-18(22)13-21-16-5-3-4-6-17(16)26-19(21)23/h3-10H,2,11-13H2,1H3,(H,20,22). The summed E-state index contributed by atoms with van der Waals surface area (Å²) in [4.78, 5) is 23.9. The number of carbonyl (C=O) groups excluding carboxylic acids is 1. The van der Waals surface area contributed by atoms with Gasteiger partial charge in [-0.3, -0.25) is 9.36 Å². The van der Waals surface area contributed by atoms with Crippen molar-refractivity contribution >= 4 is 17.0 Å². The van der Waals surface area contributed by atoms with E-state index in [-0.39, 0.29) is 12.5 Å². The second-order valence-corrected chi connectivity index (χ2v) is 5.52. The van der Waals surface area contributed by atoms with Crippen molar-refractivity contribution in [1.29, 1.82) is 0 Å². The Balaban J connectivity index is 1.47. The van der Waals surface area contributed by atoms with Crippen molar-refractivity contribution in [3.05, 3.63) is 59.1 Å². The van der Waals surface area contributed by atoms with Crippen LogP contribution in [0.25, 0.3) is 11.1 Å². The number of hydrogen-bond donors (Lipinski definition) is 1. The van der Waals surface area contributed by atoms with Gasteiger partial charge in [-0.2, -0.15) is 0 Å². The van der Waals surface area contributed by atoms with Crippen molar-refractivity contribution in [2.75, 3.05) is 19.8 Å². The minimum Gasteiger partial charge on any atom is -0.494 e. The van der Waals surface area contributed by atoms with Crippen molar-refractivity contribution in [2.45, 2.75) is 13.5 Å².